The zero-order chi connectivity index (χ0) is 18.2. The van der Waals surface area contributed by atoms with Gasteiger partial charge in [0.05, 0.1) is 0 Å². The van der Waals surface area contributed by atoms with Crippen LogP contribution in [-0.2, 0) is 9.59 Å². The lowest BCUT2D eigenvalue weighted by Gasteiger charge is -2.15. The lowest BCUT2D eigenvalue weighted by molar-refractivity contribution is -0.133. The molecular formula is C19H22N2O4. The Kier molecular flexibility index (Phi) is 6.39. The predicted octanol–water partition coefficient (Wildman–Crippen LogP) is 2.30. The molecule has 0 saturated heterocycles. The first kappa shape index (κ1) is 18.3. The van der Waals surface area contributed by atoms with Crippen LogP contribution in [0.5, 0.6) is 11.5 Å². The molecule has 2 N–H and O–H groups in total. The van der Waals surface area contributed by atoms with Gasteiger partial charge in [0, 0.05) is 0 Å². The predicted molar refractivity (Wildman–Crippen MR) is 94.2 cm³/mol. The van der Waals surface area contributed by atoms with Crippen LogP contribution >= 0.6 is 0 Å². The molecule has 6 heteroatoms. The van der Waals surface area contributed by atoms with E-state index in [0.29, 0.717) is 11.5 Å². The molecule has 2 amide bonds. The van der Waals surface area contributed by atoms with Gasteiger partial charge in [-0.2, -0.15) is 0 Å². The maximum Gasteiger partial charge on any atom is 0.279 e. The van der Waals surface area contributed by atoms with Gasteiger partial charge in [-0.3, -0.25) is 20.4 Å². The molecule has 0 radical (unpaired) electrons. The van der Waals surface area contributed by atoms with Crippen LogP contribution in [0.2, 0.25) is 0 Å². The van der Waals surface area contributed by atoms with Gasteiger partial charge in [0.1, 0.15) is 11.5 Å². The number of benzene rings is 2. The van der Waals surface area contributed by atoms with E-state index >= 15 is 0 Å². The summed E-state index contributed by atoms with van der Waals surface area (Å²) in [6, 6.07) is 14.7. The molecule has 0 heterocycles. The minimum absolute atomic E-state index is 0.198. The lowest BCUT2D eigenvalue weighted by atomic mass is 10.2. The van der Waals surface area contributed by atoms with Gasteiger partial charge in [-0.05, 0) is 45.0 Å². The highest BCUT2D eigenvalue weighted by molar-refractivity contribution is 5.85. The van der Waals surface area contributed by atoms with Crippen LogP contribution in [0.4, 0.5) is 0 Å². The summed E-state index contributed by atoms with van der Waals surface area (Å²) in [6.45, 7) is 5.33. The molecule has 2 aromatic carbocycles. The molecular weight excluding hydrogens is 320 g/mol. The molecule has 6 nitrogen and oxygen atoms in total. The summed E-state index contributed by atoms with van der Waals surface area (Å²) >= 11 is 0. The Morgan fingerprint density at radius 3 is 1.96 bits per heavy atom. The van der Waals surface area contributed by atoms with E-state index in [1.54, 1.807) is 31.2 Å². The molecule has 0 spiro atoms. The minimum atomic E-state index is -0.749. The molecule has 0 fully saturated rings. The van der Waals surface area contributed by atoms with Crippen molar-refractivity contribution < 1.29 is 19.1 Å². The summed E-state index contributed by atoms with van der Waals surface area (Å²) in [4.78, 5) is 23.7. The lowest BCUT2D eigenvalue weighted by Crippen LogP contribution is -2.48. The third-order valence-corrected chi connectivity index (χ3v) is 3.42. The maximum absolute atomic E-state index is 11.9. The molecule has 0 bridgehead atoms. The topological polar surface area (TPSA) is 76.7 Å². The highest BCUT2D eigenvalue weighted by Crippen LogP contribution is 2.13. The fourth-order valence-corrected chi connectivity index (χ4v) is 1.93. The number of carbonyl (C=O) groups excluding carboxylic acids is 2. The van der Waals surface area contributed by atoms with Crippen molar-refractivity contribution in [2.45, 2.75) is 26.9 Å². The second kappa shape index (κ2) is 8.73. The van der Waals surface area contributed by atoms with Gasteiger partial charge >= 0.3 is 0 Å². The second-order valence-electron chi connectivity index (χ2n) is 5.71. The summed E-state index contributed by atoms with van der Waals surface area (Å²) in [5.41, 5.74) is 6.82. The first-order valence-corrected chi connectivity index (χ1v) is 7.95. The zero-order valence-electron chi connectivity index (χ0n) is 14.5. The summed E-state index contributed by atoms with van der Waals surface area (Å²) in [5.74, 6) is 0.256. The van der Waals surface area contributed by atoms with Crippen LogP contribution < -0.4 is 20.3 Å². The molecule has 2 rings (SSSR count). The van der Waals surface area contributed by atoms with Crippen molar-refractivity contribution in [3.63, 3.8) is 0 Å². The molecule has 0 saturated carbocycles. The average molecular weight is 342 g/mol. The first-order valence-electron chi connectivity index (χ1n) is 7.95. The zero-order valence-corrected chi connectivity index (χ0v) is 14.5. The number of hydrogen-bond acceptors (Lipinski definition) is 4. The fourth-order valence-electron chi connectivity index (χ4n) is 1.93. The Morgan fingerprint density at radius 2 is 1.40 bits per heavy atom. The van der Waals surface area contributed by atoms with Gasteiger partial charge in [-0.25, -0.2) is 0 Å². The highest BCUT2D eigenvalue weighted by Gasteiger charge is 2.15. The molecule has 1 atom stereocenters. The van der Waals surface area contributed by atoms with Crippen LogP contribution in [0.1, 0.15) is 18.1 Å². The van der Waals surface area contributed by atoms with E-state index in [4.69, 9.17) is 9.47 Å². The molecule has 25 heavy (non-hydrogen) atoms. The van der Waals surface area contributed by atoms with E-state index in [-0.39, 0.29) is 6.61 Å². The largest absolute Gasteiger partial charge is 0.484 e. The van der Waals surface area contributed by atoms with E-state index in [2.05, 4.69) is 10.9 Å². The standard InChI is InChI=1S/C19H22N2O4/c1-13-4-8-16(9-5-13)24-12-18(22)20-21-19(23)15(3)25-17-10-6-14(2)7-11-17/h4-11,15H,12H2,1-3H3,(H,20,22)(H,21,23). The van der Waals surface area contributed by atoms with Crippen LogP contribution in [0, 0.1) is 13.8 Å². The van der Waals surface area contributed by atoms with Gasteiger partial charge in [0.15, 0.2) is 12.7 Å². The molecule has 0 aliphatic carbocycles. The molecule has 0 aromatic heterocycles. The number of aryl methyl sites for hydroxylation is 2. The Hall–Kier alpha value is -3.02. The van der Waals surface area contributed by atoms with E-state index in [1.807, 2.05) is 38.1 Å². The molecule has 2 aromatic rings. The maximum atomic E-state index is 11.9. The Balaban J connectivity index is 1.71. The third kappa shape index (κ3) is 6.18. The van der Waals surface area contributed by atoms with Crippen molar-refractivity contribution >= 4 is 11.8 Å². The monoisotopic (exact) mass is 342 g/mol. The molecule has 132 valence electrons. The van der Waals surface area contributed by atoms with E-state index in [9.17, 15) is 9.59 Å². The number of hydrogen-bond donors (Lipinski definition) is 2. The second-order valence-corrected chi connectivity index (χ2v) is 5.71. The van der Waals surface area contributed by atoms with Crippen LogP contribution in [0.15, 0.2) is 48.5 Å². The quantitative estimate of drug-likeness (QED) is 0.790. The van der Waals surface area contributed by atoms with Crippen molar-refractivity contribution in [3.8, 4) is 11.5 Å². The van der Waals surface area contributed by atoms with Crippen LogP contribution in [-0.4, -0.2) is 24.5 Å². The summed E-state index contributed by atoms with van der Waals surface area (Å²) in [7, 11) is 0. The van der Waals surface area contributed by atoms with Gasteiger partial charge in [0.25, 0.3) is 11.8 Å². The third-order valence-electron chi connectivity index (χ3n) is 3.42. The Morgan fingerprint density at radius 1 is 0.880 bits per heavy atom. The average Bonchev–Trinajstić information content (AvgIpc) is 2.61. The van der Waals surface area contributed by atoms with Crippen molar-refractivity contribution in [3.05, 3.63) is 59.7 Å². The van der Waals surface area contributed by atoms with Crippen LogP contribution in [0.3, 0.4) is 0 Å². The number of carbonyl (C=O) groups is 2. The highest BCUT2D eigenvalue weighted by atomic mass is 16.5. The van der Waals surface area contributed by atoms with Gasteiger partial charge < -0.3 is 9.47 Å². The fraction of sp³-hybridized carbons (Fsp3) is 0.263. The number of ether oxygens (including phenoxy) is 2. The normalized spacial score (nSPS) is 11.3. The van der Waals surface area contributed by atoms with Gasteiger partial charge in [0.2, 0.25) is 0 Å². The van der Waals surface area contributed by atoms with Crippen molar-refractivity contribution in [1.29, 1.82) is 0 Å². The van der Waals surface area contributed by atoms with Crippen molar-refractivity contribution in [2.24, 2.45) is 0 Å². The summed E-state index contributed by atoms with van der Waals surface area (Å²) in [5, 5.41) is 0. The SMILES string of the molecule is Cc1ccc(OCC(=O)NNC(=O)C(C)Oc2ccc(C)cc2)cc1. The number of nitrogens with one attached hydrogen (secondary N) is 2. The Bertz CT molecular complexity index is 711. The van der Waals surface area contributed by atoms with Crippen LogP contribution in [0.25, 0.3) is 0 Å². The number of hydrazine groups is 1. The van der Waals surface area contributed by atoms with E-state index < -0.39 is 17.9 Å². The first-order chi connectivity index (χ1) is 11.9. The van der Waals surface area contributed by atoms with Gasteiger partial charge in [-0.1, -0.05) is 35.4 Å². The smallest absolute Gasteiger partial charge is 0.279 e. The van der Waals surface area contributed by atoms with Crippen molar-refractivity contribution in [2.75, 3.05) is 6.61 Å². The number of rotatable bonds is 6. The van der Waals surface area contributed by atoms with E-state index in [0.717, 1.165) is 11.1 Å². The molecule has 1 unspecified atom stereocenters. The van der Waals surface area contributed by atoms with E-state index in [1.165, 1.54) is 0 Å². The Labute approximate surface area is 147 Å². The van der Waals surface area contributed by atoms with Crippen molar-refractivity contribution in [1.82, 2.24) is 10.9 Å². The summed E-state index contributed by atoms with van der Waals surface area (Å²) in [6.07, 6.45) is -0.749. The number of amides is 2. The summed E-state index contributed by atoms with van der Waals surface area (Å²) < 4.78 is 10.8. The molecule has 0 aliphatic heterocycles. The minimum Gasteiger partial charge on any atom is -0.484 e. The molecule has 0 aliphatic rings. The van der Waals surface area contributed by atoms with Gasteiger partial charge in [-0.15, -0.1) is 0 Å².